The topological polar surface area (TPSA) is 21.3 Å². The molecule has 0 heterocycles. The molecular formula is C16H23NO. The van der Waals surface area contributed by atoms with Gasteiger partial charge in [0.05, 0.1) is 0 Å². The van der Waals surface area contributed by atoms with E-state index in [1.54, 1.807) is 0 Å². The second-order valence-corrected chi connectivity index (χ2v) is 5.26. The van der Waals surface area contributed by atoms with Gasteiger partial charge in [-0.25, -0.2) is 0 Å². The number of benzene rings is 1. The fourth-order valence-electron chi connectivity index (χ4n) is 2.34. The molecule has 0 saturated heterocycles. The summed E-state index contributed by atoms with van der Waals surface area (Å²) in [7, 11) is 0. The smallest absolute Gasteiger partial charge is 0.120 e. The summed E-state index contributed by atoms with van der Waals surface area (Å²) < 4.78 is 5.65. The Morgan fingerprint density at radius 1 is 1.39 bits per heavy atom. The van der Waals surface area contributed by atoms with E-state index in [-0.39, 0.29) is 0 Å². The van der Waals surface area contributed by atoms with Crippen LogP contribution in [0, 0.1) is 0 Å². The molecule has 2 rings (SSSR count). The van der Waals surface area contributed by atoms with Gasteiger partial charge in [0.25, 0.3) is 0 Å². The fourth-order valence-corrected chi connectivity index (χ4v) is 2.34. The van der Waals surface area contributed by atoms with Crippen LogP contribution in [0.4, 0.5) is 0 Å². The Hall–Kier alpha value is -1.28. The van der Waals surface area contributed by atoms with Crippen LogP contribution in [0.2, 0.25) is 0 Å². The van der Waals surface area contributed by atoms with Gasteiger partial charge in [0.15, 0.2) is 0 Å². The second kappa shape index (κ2) is 6.60. The van der Waals surface area contributed by atoms with Crippen molar-refractivity contribution in [2.24, 2.45) is 0 Å². The van der Waals surface area contributed by atoms with Crippen molar-refractivity contribution in [2.45, 2.75) is 45.2 Å². The molecule has 2 heteroatoms. The lowest BCUT2D eigenvalue weighted by Crippen LogP contribution is -2.25. The van der Waals surface area contributed by atoms with Crippen LogP contribution in [-0.4, -0.2) is 12.6 Å². The van der Waals surface area contributed by atoms with Crippen LogP contribution >= 0.6 is 0 Å². The standard InChI is InChI=1S/C16H23NO/c1-13(2)12-18-16-9-5-6-14(10-16)11-17-15-7-3-4-8-15/h5-6,9-10,15,17H,1,3-4,7-8,11-12H2,2H3. The Morgan fingerprint density at radius 2 is 2.17 bits per heavy atom. The summed E-state index contributed by atoms with van der Waals surface area (Å²) in [6.07, 6.45) is 5.40. The molecule has 0 spiro atoms. The fraction of sp³-hybridized carbons (Fsp3) is 0.500. The Bertz CT molecular complexity index is 394. The molecule has 18 heavy (non-hydrogen) atoms. The second-order valence-electron chi connectivity index (χ2n) is 5.26. The first-order chi connectivity index (χ1) is 8.74. The molecule has 0 aromatic heterocycles. The van der Waals surface area contributed by atoms with E-state index in [0.29, 0.717) is 12.6 Å². The van der Waals surface area contributed by atoms with Crippen molar-refractivity contribution in [3.05, 3.63) is 42.0 Å². The highest BCUT2D eigenvalue weighted by Crippen LogP contribution is 2.19. The third kappa shape index (κ3) is 4.19. The van der Waals surface area contributed by atoms with Gasteiger partial charge in [-0.1, -0.05) is 31.6 Å². The quantitative estimate of drug-likeness (QED) is 0.772. The maximum atomic E-state index is 5.65. The van der Waals surface area contributed by atoms with Crippen molar-refractivity contribution in [3.8, 4) is 5.75 Å². The molecule has 1 aromatic rings. The van der Waals surface area contributed by atoms with E-state index in [1.165, 1.54) is 31.2 Å². The van der Waals surface area contributed by atoms with Gasteiger partial charge in [0.1, 0.15) is 12.4 Å². The lowest BCUT2D eigenvalue weighted by molar-refractivity contribution is 0.352. The Labute approximate surface area is 110 Å². The summed E-state index contributed by atoms with van der Waals surface area (Å²) >= 11 is 0. The van der Waals surface area contributed by atoms with Crippen molar-refractivity contribution in [3.63, 3.8) is 0 Å². The molecular weight excluding hydrogens is 222 g/mol. The van der Waals surface area contributed by atoms with Crippen molar-refractivity contribution in [1.82, 2.24) is 5.32 Å². The van der Waals surface area contributed by atoms with E-state index >= 15 is 0 Å². The SMILES string of the molecule is C=C(C)COc1cccc(CNC2CCCC2)c1. The van der Waals surface area contributed by atoms with Gasteiger partial charge in [0.2, 0.25) is 0 Å². The van der Waals surface area contributed by atoms with Crippen LogP contribution in [0.5, 0.6) is 5.75 Å². The Morgan fingerprint density at radius 3 is 2.89 bits per heavy atom. The highest BCUT2D eigenvalue weighted by Gasteiger charge is 2.13. The largest absolute Gasteiger partial charge is 0.489 e. The molecule has 1 aliphatic rings. The molecule has 0 atom stereocenters. The lowest BCUT2D eigenvalue weighted by atomic mass is 10.2. The summed E-state index contributed by atoms with van der Waals surface area (Å²) in [6, 6.07) is 9.03. The molecule has 0 radical (unpaired) electrons. The number of hydrogen-bond acceptors (Lipinski definition) is 2. The number of rotatable bonds is 6. The molecule has 98 valence electrons. The van der Waals surface area contributed by atoms with E-state index in [4.69, 9.17) is 4.74 Å². The van der Waals surface area contributed by atoms with Gasteiger partial charge < -0.3 is 10.1 Å². The van der Waals surface area contributed by atoms with E-state index in [1.807, 2.05) is 13.0 Å². The molecule has 1 N–H and O–H groups in total. The summed E-state index contributed by atoms with van der Waals surface area (Å²) in [6.45, 7) is 7.36. The van der Waals surface area contributed by atoms with E-state index in [9.17, 15) is 0 Å². The molecule has 0 amide bonds. The third-order valence-electron chi connectivity index (χ3n) is 3.33. The summed E-state index contributed by atoms with van der Waals surface area (Å²) in [5.74, 6) is 0.934. The highest BCUT2D eigenvalue weighted by molar-refractivity contribution is 5.28. The van der Waals surface area contributed by atoms with Crippen LogP contribution < -0.4 is 10.1 Å². The average Bonchev–Trinajstić information content (AvgIpc) is 2.87. The maximum Gasteiger partial charge on any atom is 0.120 e. The lowest BCUT2D eigenvalue weighted by Gasteiger charge is -2.12. The molecule has 1 aromatic carbocycles. The zero-order valence-electron chi connectivity index (χ0n) is 11.2. The summed E-state index contributed by atoms with van der Waals surface area (Å²) in [4.78, 5) is 0. The molecule has 0 unspecified atom stereocenters. The van der Waals surface area contributed by atoms with Crippen molar-refractivity contribution in [2.75, 3.05) is 6.61 Å². The normalized spacial score (nSPS) is 15.8. The Balaban J connectivity index is 1.84. The van der Waals surface area contributed by atoms with Crippen LogP contribution in [0.25, 0.3) is 0 Å². The minimum atomic E-state index is 0.597. The van der Waals surface area contributed by atoms with Crippen LogP contribution in [0.3, 0.4) is 0 Å². The van der Waals surface area contributed by atoms with Crippen molar-refractivity contribution >= 4 is 0 Å². The van der Waals surface area contributed by atoms with Crippen molar-refractivity contribution < 1.29 is 4.74 Å². The monoisotopic (exact) mass is 245 g/mol. The zero-order chi connectivity index (χ0) is 12.8. The average molecular weight is 245 g/mol. The third-order valence-corrected chi connectivity index (χ3v) is 3.33. The predicted octanol–water partition coefficient (Wildman–Crippen LogP) is 3.67. The molecule has 1 fully saturated rings. The van der Waals surface area contributed by atoms with E-state index in [2.05, 4.69) is 30.1 Å². The minimum absolute atomic E-state index is 0.597. The first-order valence-corrected chi connectivity index (χ1v) is 6.83. The van der Waals surface area contributed by atoms with Gasteiger partial charge in [-0.3, -0.25) is 0 Å². The minimum Gasteiger partial charge on any atom is -0.489 e. The predicted molar refractivity (Wildman–Crippen MR) is 75.8 cm³/mol. The van der Waals surface area contributed by atoms with Gasteiger partial charge in [-0.05, 0) is 43.0 Å². The zero-order valence-corrected chi connectivity index (χ0v) is 11.2. The molecule has 2 nitrogen and oxygen atoms in total. The van der Waals surface area contributed by atoms with Crippen LogP contribution in [-0.2, 0) is 6.54 Å². The summed E-state index contributed by atoms with van der Waals surface area (Å²) in [5, 5.41) is 3.62. The number of ether oxygens (including phenoxy) is 1. The number of hydrogen-bond donors (Lipinski definition) is 1. The van der Waals surface area contributed by atoms with E-state index < -0.39 is 0 Å². The maximum absolute atomic E-state index is 5.65. The van der Waals surface area contributed by atoms with Crippen LogP contribution in [0.15, 0.2) is 36.4 Å². The first-order valence-electron chi connectivity index (χ1n) is 6.83. The van der Waals surface area contributed by atoms with E-state index in [0.717, 1.165) is 17.9 Å². The highest BCUT2D eigenvalue weighted by atomic mass is 16.5. The van der Waals surface area contributed by atoms with Crippen LogP contribution in [0.1, 0.15) is 38.2 Å². The number of nitrogens with one attached hydrogen (secondary N) is 1. The van der Waals surface area contributed by atoms with Crippen molar-refractivity contribution in [1.29, 1.82) is 0 Å². The first kappa shape index (κ1) is 13.2. The molecule has 0 bridgehead atoms. The Kier molecular flexibility index (Phi) is 4.82. The van der Waals surface area contributed by atoms with Gasteiger partial charge in [-0.15, -0.1) is 0 Å². The van der Waals surface area contributed by atoms with Gasteiger partial charge in [-0.2, -0.15) is 0 Å². The molecule has 1 aliphatic carbocycles. The molecule has 1 saturated carbocycles. The van der Waals surface area contributed by atoms with Gasteiger partial charge >= 0.3 is 0 Å². The summed E-state index contributed by atoms with van der Waals surface area (Å²) in [5.41, 5.74) is 2.34. The molecule has 0 aliphatic heterocycles. The van der Waals surface area contributed by atoms with Gasteiger partial charge in [0, 0.05) is 12.6 Å².